The van der Waals surface area contributed by atoms with Gasteiger partial charge in [-0.3, -0.25) is 4.55 Å². The zero-order valence-electron chi connectivity index (χ0n) is 34.7. The molecule has 342 valence electrons. The second kappa shape index (κ2) is 17.9. The van der Waals surface area contributed by atoms with Crippen LogP contribution in [0.5, 0.6) is 0 Å². The fraction of sp³-hybridized carbons (Fsp3) is 0.950. The van der Waals surface area contributed by atoms with E-state index < -0.39 is 131 Å². The molecule has 0 amide bonds. The first-order chi connectivity index (χ1) is 27.5. The van der Waals surface area contributed by atoms with Gasteiger partial charge in [0.25, 0.3) is 0 Å². The molecule has 0 bridgehead atoms. The fourth-order valence-electron chi connectivity index (χ4n) is 12.4. The molecule has 22 atom stereocenters. The topological polar surface area (TPSA) is 292 Å². The standard InChI is InChI=1S/C40H68O18S/c1-18(2)20(16-54-37-34(31(48)32(56-37)24(44)15-41)57-36-33(53-6)30(47)25(45)17-55-36)8-7-19(3)21-13-23(43)35-38(21,4)12-10-27-39(5)11-9-22(42)29(46)28(39)26(14-40(27,35)49)58-59(50,51)52/h7-8,18-37,41-49H,9-17H2,1-6H3,(H,50,51,52)/b8-7+/t19-,20-,21-,22+,23?,24-,25?,26?,27?,28?,29+,30?,31?,32?,33?,34?,35?,36?,37?,38-,39-,40+/m1/s1. The van der Waals surface area contributed by atoms with E-state index >= 15 is 0 Å². The Hall–Kier alpha value is -0.950. The van der Waals surface area contributed by atoms with Crippen LogP contribution in [0.3, 0.4) is 0 Å². The van der Waals surface area contributed by atoms with Crippen molar-refractivity contribution in [3.63, 3.8) is 0 Å². The van der Waals surface area contributed by atoms with E-state index in [1.165, 1.54) is 7.11 Å². The van der Waals surface area contributed by atoms with Gasteiger partial charge in [-0.05, 0) is 66.6 Å². The lowest BCUT2D eigenvalue weighted by Crippen LogP contribution is -2.71. The van der Waals surface area contributed by atoms with Crippen LogP contribution in [0, 0.1) is 52.3 Å². The number of methoxy groups -OCH3 is 1. The van der Waals surface area contributed by atoms with E-state index in [4.69, 9.17) is 27.9 Å². The summed E-state index contributed by atoms with van der Waals surface area (Å²) in [5.41, 5.74) is -3.09. The molecule has 13 unspecified atom stereocenters. The number of fused-ring (bicyclic) bond motifs is 5. The molecule has 2 heterocycles. The highest BCUT2D eigenvalue weighted by Crippen LogP contribution is 2.70. The number of aliphatic hydroxyl groups excluding tert-OH is 8. The molecule has 18 nitrogen and oxygen atoms in total. The maximum absolute atomic E-state index is 12.8. The van der Waals surface area contributed by atoms with Crippen LogP contribution in [0.25, 0.3) is 0 Å². The van der Waals surface area contributed by atoms with E-state index in [-0.39, 0.29) is 49.7 Å². The van der Waals surface area contributed by atoms with Crippen molar-refractivity contribution in [3.05, 3.63) is 12.2 Å². The van der Waals surface area contributed by atoms with Gasteiger partial charge >= 0.3 is 10.4 Å². The summed E-state index contributed by atoms with van der Waals surface area (Å²) in [7, 11) is -3.70. The van der Waals surface area contributed by atoms with Crippen molar-refractivity contribution >= 4 is 10.4 Å². The molecule has 2 saturated heterocycles. The molecule has 6 rings (SSSR count). The second-order valence-electron chi connectivity index (χ2n) is 19.1. The van der Waals surface area contributed by atoms with Crippen molar-refractivity contribution in [3.8, 4) is 0 Å². The van der Waals surface area contributed by atoms with Crippen molar-refractivity contribution in [2.75, 3.05) is 26.9 Å². The van der Waals surface area contributed by atoms with Crippen molar-refractivity contribution in [1.82, 2.24) is 0 Å². The lowest BCUT2D eigenvalue weighted by molar-refractivity contribution is -0.308. The van der Waals surface area contributed by atoms with E-state index in [2.05, 4.69) is 13.0 Å². The van der Waals surface area contributed by atoms with Crippen LogP contribution in [-0.2, 0) is 38.3 Å². The molecule has 2 aliphatic heterocycles. The second-order valence-corrected chi connectivity index (χ2v) is 20.2. The largest absolute Gasteiger partial charge is 0.397 e. The van der Waals surface area contributed by atoms with Crippen molar-refractivity contribution < 1.29 is 86.8 Å². The quantitative estimate of drug-likeness (QED) is 0.0760. The van der Waals surface area contributed by atoms with Gasteiger partial charge in [0.2, 0.25) is 0 Å². The molecule has 0 radical (unpaired) electrons. The van der Waals surface area contributed by atoms with Crippen molar-refractivity contribution in [2.24, 2.45) is 52.3 Å². The summed E-state index contributed by atoms with van der Waals surface area (Å²) >= 11 is 0. The minimum atomic E-state index is -5.00. The van der Waals surface area contributed by atoms with E-state index in [9.17, 15) is 58.9 Å². The number of rotatable bonds is 14. The molecule has 4 saturated carbocycles. The van der Waals surface area contributed by atoms with Crippen LogP contribution in [0.1, 0.15) is 73.1 Å². The van der Waals surface area contributed by atoms with Crippen LogP contribution < -0.4 is 0 Å². The van der Waals surface area contributed by atoms with Gasteiger partial charge in [-0.15, -0.1) is 0 Å². The summed E-state index contributed by atoms with van der Waals surface area (Å²) in [4.78, 5) is 0. The molecule has 10 N–H and O–H groups in total. The highest BCUT2D eigenvalue weighted by atomic mass is 32.3. The maximum atomic E-state index is 12.8. The molecule has 59 heavy (non-hydrogen) atoms. The van der Waals surface area contributed by atoms with Gasteiger partial charge in [-0.25, -0.2) is 4.18 Å². The van der Waals surface area contributed by atoms with Crippen LogP contribution in [-0.4, -0.2) is 171 Å². The third kappa shape index (κ3) is 8.81. The first-order valence-electron chi connectivity index (χ1n) is 21.0. The predicted molar refractivity (Wildman–Crippen MR) is 205 cm³/mol. The highest BCUT2D eigenvalue weighted by molar-refractivity contribution is 7.80. The van der Waals surface area contributed by atoms with Crippen LogP contribution in [0.15, 0.2) is 12.2 Å². The van der Waals surface area contributed by atoms with Gasteiger partial charge in [0.1, 0.15) is 42.7 Å². The van der Waals surface area contributed by atoms with Gasteiger partial charge in [-0.2, -0.15) is 8.42 Å². The normalized spacial score (nSPS) is 49.4. The highest BCUT2D eigenvalue weighted by Gasteiger charge is 2.72. The monoisotopic (exact) mass is 868 g/mol. The Morgan fingerprint density at radius 2 is 1.56 bits per heavy atom. The SMILES string of the molecule is COC1C(OC2C(OC[C@@H](/C=C/[C@@H](C)[C@H]3CC(O)C4[C@]5(O)CC(OS(=O)(=O)O)C6[C@@H](O)[C@@H](O)CC[C@]6(C)C5CC[C@@]43C)C(C)C)OC([C@H](O)CO)C2O)OCC(O)C1O. The molecular weight excluding hydrogens is 800 g/mol. The number of hydrogen-bond acceptors (Lipinski definition) is 17. The van der Waals surface area contributed by atoms with E-state index in [1.807, 2.05) is 33.8 Å². The maximum Gasteiger partial charge on any atom is 0.397 e. The molecule has 0 aromatic rings. The Morgan fingerprint density at radius 1 is 0.881 bits per heavy atom. The Morgan fingerprint density at radius 3 is 2.19 bits per heavy atom. The summed E-state index contributed by atoms with van der Waals surface area (Å²) in [6.07, 6.45) is -10.5. The van der Waals surface area contributed by atoms with E-state index in [0.717, 1.165) is 0 Å². The van der Waals surface area contributed by atoms with Crippen LogP contribution in [0.4, 0.5) is 0 Å². The van der Waals surface area contributed by atoms with Gasteiger partial charge in [-0.1, -0.05) is 46.8 Å². The van der Waals surface area contributed by atoms with Crippen LogP contribution >= 0.6 is 0 Å². The summed E-state index contributed by atoms with van der Waals surface area (Å²) < 4.78 is 68.2. The minimum Gasteiger partial charge on any atom is -0.394 e. The summed E-state index contributed by atoms with van der Waals surface area (Å²) in [6, 6.07) is 0. The first kappa shape index (κ1) is 47.5. The zero-order valence-corrected chi connectivity index (χ0v) is 35.5. The lowest BCUT2D eigenvalue weighted by Gasteiger charge is -2.66. The Kier molecular flexibility index (Phi) is 14.4. The molecule has 0 spiro atoms. The number of ether oxygens (including phenoxy) is 5. The number of aliphatic hydroxyl groups is 9. The third-order valence-electron chi connectivity index (χ3n) is 15.4. The average Bonchev–Trinajstić information content (AvgIpc) is 3.61. The number of hydrogen-bond donors (Lipinski definition) is 10. The Balaban J connectivity index is 1.18. The minimum absolute atomic E-state index is 0.0350. The van der Waals surface area contributed by atoms with Crippen molar-refractivity contribution in [1.29, 1.82) is 0 Å². The van der Waals surface area contributed by atoms with Gasteiger partial charge < -0.3 is 69.6 Å². The third-order valence-corrected chi connectivity index (χ3v) is 15.9. The van der Waals surface area contributed by atoms with Gasteiger partial charge in [0, 0.05) is 31.3 Å². The fourth-order valence-corrected chi connectivity index (χ4v) is 12.9. The summed E-state index contributed by atoms with van der Waals surface area (Å²) in [5.74, 6) is -2.44. The predicted octanol–water partition coefficient (Wildman–Crippen LogP) is -0.741. The van der Waals surface area contributed by atoms with Crippen LogP contribution in [0.2, 0.25) is 0 Å². The van der Waals surface area contributed by atoms with E-state index in [1.54, 1.807) is 0 Å². The molecular formula is C40H68O18S. The van der Waals surface area contributed by atoms with Crippen molar-refractivity contribution in [2.45, 2.75) is 158 Å². The lowest BCUT2D eigenvalue weighted by atomic mass is 9.41. The first-order valence-corrected chi connectivity index (χ1v) is 22.4. The van der Waals surface area contributed by atoms with Gasteiger partial charge in [0.15, 0.2) is 12.6 Å². The average molecular weight is 869 g/mol. The summed E-state index contributed by atoms with van der Waals surface area (Å²) in [5, 5.41) is 98.2. The molecule has 6 aliphatic rings. The molecule has 4 aliphatic carbocycles. The molecule has 6 fully saturated rings. The zero-order chi connectivity index (χ0) is 43.6. The molecule has 19 heteroatoms. The summed E-state index contributed by atoms with van der Waals surface area (Å²) in [6.45, 7) is 9.07. The Labute approximate surface area is 346 Å². The van der Waals surface area contributed by atoms with E-state index in [0.29, 0.717) is 25.7 Å². The van der Waals surface area contributed by atoms with Gasteiger partial charge in [0.05, 0.1) is 49.8 Å². The number of allylic oxidation sites excluding steroid dienone is 1. The molecule has 0 aromatic heterocycles. The Bertz CT molecular complexity index is 1570. The molecule has 0 aromatic carbocycles. The smallest absolute Gasteiger partial charge is 0.394 e.